The molecule has 1 heterocycles. The van der Waals surface area contributed by atoms with Crippen molar-refractivity contribution in [3.05, 3.63) is 70.9 Å². The van der Waals surface area contributed by atoms with Crippen LogP contribution in [0.1, 0.15) is 34.1 Å². The molecule has 0 saturated heterocycles. The molecule has 0 unspecified atom stereocenters. The van der Waals surface area contributed by atoms with Gasteiger partial charge < -0.3 is 14.8 Å². The summed E-state index contributed by atoms with van der Waals surface area (Å²) in [5, 5.41) is 3.59. The highest BCUT2D eigenvalue weighted by Crippen LogP contribution is 2.24. The van der Waals surface area contributed by atoms with Gasteiger partial charge >= 0.3 is 5.97 Å². The number of para-hydroxylation sites is 1. The van der Waals surface area contributed by atoms with Gasteiger partial charge in [0, 0.05) is 18.2 Å². The van der Waals surface area contributed by atoms with Gasteiger partial charge in [-0.2, -0.15) is 0 Å². The first kappa shape index (κ1) is 20.5. The average molecular weight is 392 g/mol. The van der Waals surface area contributed by atoms with Crippen LogP contribution in [0.15, 0.2) is 48.5 Å². The molecule has 0 radical (unpaired) electrons. The Hall–Kier alpha value is -3.25. The topological polar surface area (TPSA) is 77.5 Å². The zero-order valence-electron chi connectivity index (χ0n) is 16.8. The molecule has 6 nitrogen and oxygen atoms in total. The highest BCUT2D eigenvalue weighted by atomic mass is 16.5. The smallest absolute Gasteiger partial charge is 0.340 e. The van der Waals surface area contributed by atoms with Crippen molar-refractivity contribution in [1.29, 1.82) is 0 Å². The van der Waals surface area contributed by atoms with Crippen molar-refractivity contribution < 1.29 is 19.1 Å². The summed E-state index contributed by atoms with van der Waals surface area (Å²) >= 11 is 0. The number of benzene rings is 2. The summed E-state index contributed by atoms with van der Waals surface area (Å²) < 4.78 is 10.5. The van der Waals surface area contributed by atoms with Crippen LogP contribution in [0.5, 0.6) is 0 Å². The minimum absolute atomic E-state index is 0.173. The van der Waals surface area contributed by atoms with Crippen LogP contribution < -0.4 is 5.32 Å². The quantitative estimate of drug-likeness (QED) is 0.614. The zero-order chi connectivity index (χ0) is 20.8. The van der Waals surface area contributed by atoms with Crippen LogP contribution in [0, 0.1) is 6.92 Å². The lowest BCUT2D eigenvalue weighted by molar-refractivity contribution is -0.119. The third-order valence-corrected chi connectivity index (χ3v) is 4.69. The maximum absolute atomic E-state index is 12.7. The number of methoxy groups -OCH3 is 1. The van der Waals surface area contributed by atoms with Gasteiger partial charge in [-0.3, -0.25) is 4.79 Å². The molecule has 6 heteroatoms. The number of aromatic nitrogens is 1. The Morgan fingerprint density at radius 1 is 1.07 bits per heavy atom. The van der Waals surface area contributed by atoms with Crippen molar-refractivity contribution in [3.63, 3.8) is 0 Å². The first-order chi connectivity index (χ1) is 14.0. The molecular formula is C23H24N2O4. The number of fused-ring (bicyclic) bond motifs is 1. The number of carbonyl (C=O) groups is 2. The molecule has 0 aliphatic carbocycles. The maximum Gasteiger partial charge on any atom is 0.340 e. The van der Waals surface area contributed by atoms with E-state index >= 15 is 0 Å². The predicted octanol–water partition coefficient (Wildman–Crippen LogP) is 4.05. The normalized spacial score (nSPS) is 10.7. The predicted molar refractivity (Wildman–Crippen MR) is 112 cm³/mol. The van der Waals surface area contributed by atoms with Crippen molar-refractivity contribution >= 4 is 28.5 Å². The van der Waals surface area contributed by atoms with Gasteiger partial charge in [0.1, 0.15) is 0 Å². The number of nitrogens with one attached hydrogen (secondary N) is 1. The fourth-order valence-corrected chi connectivity index (χ4v) is 3.18. The van der Waals surface area contributed by atoms with Crippen molar-refractivity contribution in [2.45, 2.75) is 26.9 Å². The molecule has 0 atom stereocenters. The van der Waals surface area contributed by atoms with Crippen LogP contribution >= 0.6 is 0 Å². The molecule has 3 rings (SSSR count). The van der Waals surface area contributed by atoms with Gasteiger partial charge in [-0.1, -0.05) is 37.3 Å². The van der Waals surface area contributed by atoms with E-state index in [1.165, 1.54) is 5.56 Å². The largest absolute Gasteiger partial charge is 0.452 e. The first-order valence-electron chi connectivity index (χ1n) is 9.46. The molecule has 0 fully saturated rings. The minimum Gasteiger partial charge on any atom is -0.452 e. The summed E-state index contributed by atoms with van der Waals surface area (Å²) in [6.45, 7) is 3.70. The summed E-state index contributed by atoms with van der Waals surface area (Å²) in [7, 11) is 1.54. The zero-order valence-corrected chi connectivity index (χ0v) is 16.8. The fraction of sp³-hybridized carbons (Fsp3) is 0.261. The second-order valence-corrected chi connectivity index (χ2v) is 6.68. The van der Waals surface area contributed by atoms with Gasteiger partial charge in [0.15, 0.2) is 6.61 Å². The number of ether oxygens (including phenoxy) is 2. The van der Waals surface area contributed by atoms with Crippen molar-refractivity contribution in [3.8, 4) is 0 Å². The molecule has 3 aromatic rings. The molecule has 0 bridgehead atoms. The maximum atomic E-state index is 12.7. The summed E-state index contributed by atoms with van der Waals surface area (Å²) in [5.74, 6) is -0.994. The lowest BCUT2D eigenvalue weighted by Gasteiger charge is -2.14. The van der Waals surface area contributed by atoms with E-state index in [1.807, 2.05) is 55.5 Å². The van der Waals surface area contributed by atoms with Gasteiger partial charge in [0.25, 0.3) is 5.91 Å². The lowest BCUT2D eigenvalue weighted by atomic mass is 10.0. The first-order valence-corrected chi connectivity index (χ1v) is 9.46. The number of pyridine rings is 1. The van der Waals surface area contributed by atoms with E-state index in [1.54, 1.807) is 7.11 Å². The Balaban J connectivity index is 1.74. The molecule has 2 aromatic carbocycles. The van der Waals surface area contributed by atoms with Crippen LogP contribution in [0.3, 0.4) is 0 Å². The van der Waals surface area contributed by atoms with Gasteiger partial charge in [-0.25, -0.2) is 9.78 Å². The van der Waals surface area contributed by atoms with Crippen LogP contribution in [0.4, 0.5) is 5.69 Å². The molecule has 0 spiro atoms. The van der Waals surface area contributed by atoms with Gasteiger partial charge in [-0.15, -0.1) is 0 Å². The number of hydrogen-bond acceptors (Lipinski definition) is 5. The van der Waals surface area contributed by atoms with Crippen LogP contribution in [0.2, 0.25) is 0 Å². The molecule has 0 saturated carbocycles. The van der Waals surface area contributed by atoms with E-state index in [0.717, 1.165) is 22.9 Å². The van der Waals surface area contributed by atoms with E-state index in [2.05, 4.69) is 17.2 Å². The highest BCUT2D eigenvalue weighted by Gasteiger charge is 2.21. The summed E-state index contributed by atoms with van der Waals surface area (Å²) in [6, 6.07) is 15.1. The van der Waals surface area contributed by atoms with E-state index in [9.17, 15) is 9.59 Å². The number of amides is 1. The second-order valence-electron chi connectivity index (χ2n) is 6.68. The Labute approximate surface area is 169 Å². The number of anilines is 1. The fourth-order valence-electron chi connectivity index (χ4n) is 3.18. The van der Waals surface area contributed by atoms with Crippen molar-refractivity contribution in [1.82, 2.24) is 4.98 Å². The van der Waals surface area contributed by atoms with E-state index < -0.39 is 11.9 Å². The molecule has 1 aromatic heterocycles. The molecule has 0 aliphatic rings. The molecule has 0 aliphatic heterocycles. The Morgan fingerprint density at radius 3 is 2.48 bits per heavy atom. The lowest BCUT2D eigenvalue weighted by Crippen LogP contribution is -2.22. The number of rotatable bonds is 7. The number of carbonyl (C=O) groups excluding carboxylic acids is 2. The summed E-state index contributed by atoms with van der Waals surface area (Å²) in [5.41, 5.74) is 4.20. The Bertz CT molecular complexity index is 1030. The van der Waals surface area contributed by atoms with Crippen LogP contribution in [-0.2, 0) is 27.3 Å². The van der Waals surface area contributed by atoms with E-state index in [0.29, 0.717) is 16.9 Å². The van der Waals surface area contributed by atoms with E-state index in [-0.39, 0.29) is 13.2 Å². The standard InChI is InChI=1S/C23H24N2O4/c1-4-16-9-11-17(12-10-16)24-21(26)14-29-23(27)22-15(2)18-7-5-6-8-19(18)25-20(22)13-28-3/h5-12H,4,13-14H2,1-3H3,(H,24,26). The Kier molecular flexibility index (Phi) is 6.57. The van der Waals surface area contributed by atoms with Crippen molar-refractivity contribution in [2.75, 3.05) is 19.0 Å². The summed E-state index contributed by atoms with van der Waals surface area (Å²) in [6.07, 6.45) is 0.925. The highest BCUT2D eigenvalue weighted by molar-refractivity contribution is 6.00. The number of esters is 1. The number of nitrogens with zero attached hydrogens (tertiary/aromatic N) is 1. The SMILES string of the molecule is CCc1ccc(NC(=O)COC(=O)c2c(COC)nc3ccccc3c2C)cc1. The van der Waals surface area contributed by atoms with Crippen molar-refractivity contribution in [2.24, 2.45) is 0 Å². The monoisotopic (exact) mass is 392 g/mol. The van der Waals surface area contributed by atoms with Gasteiger partial charge in [0.05, 0.1) is 23.4 Å². The third-order valence-electron chi connectivity index (χ3n) is 4.69. The van der Waals surface area contributed by atoms with Gasteiger partial charge in [0.2, 0.25) is 0 Å². The minimum atomic E-state index is -0.593. The molecule has 29 heavy (non-hydrogen) atoms. The number of hydrogen-bond donors (Lipinski definition) is 1. The number of aryl methyl sites for hydroxylation is 2. The molecule has 1 N–H and O–H groups in total. The molecular weight excluding hydrogens is 368 g/mol. The Morgan fingerprint density at radius 2 is 1.79 bits per heavy atom. The van der Waals surface area contributed by atoms with Crippen LogP contribution in [0.25, 0.3) is 10.9 Å². The summed E-state index contributed by atoms with van der Waals surface area (Å²) in [4.78, 5) is 29.5. The van der Waals surface area contributed by atoms with Gasteiger partial charge in [-0.05, 0) is 42.7 Å². The average Bonchev–Trinajstić information content (AvgIpc) is 2.73. The molecule has 1 amide bonds. The molecule has 150 valence electrons. The van der Waals surface area contributed by atoms with E-state index in [4.69, 9.17) is 9.47 Å². The van der Waals surface area contributed by atoms with Crippen LogP contribution in [-0.4, -0.2) is 30.6 Å². The third kappa shape index (κ3) is 4.78. The second kappa shape index (κ2) is 9.30.